The molecule has 2 aliphatic rings. The van der Waals surface area contributed by atoms with Crippen molar-refractivity contribution in [1.29, 1.82) is 0 Å². The summed E-state index contributed by atoms with van der Waals surface area (Å²) in [5.74, 6) is 0.867. The smallest absolute Gasteiger partial charge is 0.284 e. The molecule has 0 spiro atoms. The second-order valence-electron chi connectivity index (χ2n) is 3.57. The highest BCUT2D eigenvalue weighted by atomic mass is 16.5. The van der Waals surface area contributed by atoms with E-state index in [9.17, 15) is 4.79 Å². The van der Waals surface area contributed by atoms with Gasteiger partial charge in [-0.1, -0.05) is 0 Å². The van der Waals surface area contributed by atoms with E-state index in [4.69, 9.17) is 4.52 Å². The predicted octanol–water partition coefficient (Wildman–Crippen LogP) is 0.317. The third kappa shape index (κ3) is 0.679. The highest BCUT2D eigenvalue weighted by Crippen LogP contribution is 2.33. The van der Waals surface area contributed by atoms with Crippen LogP contribution < -0.4 is 10.9 Å². The third-order valence-electron chi connectivity index (χ3n) is 2.83. The van der Waals surface area contributed by atoms with Gasteiger partial charge in [0.05, 0.1) is 5.56 Å². The van der Waals surface area contributed by atoms with Gasteiger partial charge >= 0.3 is 0 Å². The van der Waals surface area contributed by atoms with Gasteiger partial charge in [-0.05, 0) is 12.8 Å². The highest BCUT2D eigenvalue weighted by Gasteiger charge is 2.36. The summed E-state index contributed by atoms with van der Waals surface area (Å²) in [5, 5.41) is 5.79. The van der Waals surface area contributed by atoms with E-state index in [0.29, 0.717) is 6.04 Å². The number of fused-ring (bicyclic) bond motifs is 4. The van der Waals surface area contributed by atoms with E-state index in [0.717, 1.165) is 30.6 Å². The van der Waals surface area contributed by atoms with E-state index in [1.807, 2.05) is 0 Å². The van der Waals surface area contributed by atoms with Crippen molar-refractivity contribution in [2.75, 3.05) is 0 Å². The molecule has 2 atom stereocenters. The van der Waals surface area contributed by atoms with Crippen molar-refractivity contribution in [3.05, 3.63) is 21.7 Å². The van der Waals surface area contributed by atoms with Gasteiger partial charge in [0.15, 0.2) is 0 Å². The van der Waals surface area contributed by atoms with E-state index in [1.54, 1.807) is 0 Å². The molecule has 2 bridgehead atoms. The van der Waals surface area contributed by atoms with E-state index in [1.165, 1.54) is 0 Å². The zero-order chi connectivity index (χ0) is 8.13. The molecule has 4 heteroatoms. The molecule has 0 aromatic carbocycles. The third-order valence-corrected chi connectivity index (χ3v) is 2.83. The van der Waals surface area contributed by atoms with Crippen molar-refractivity contribution < 1.29 is 4.52 Å². The van der Waals surface area contributed by atoms with Crippen molar-refractivity contribution in [2.24, 2.45) is 0 Å². The SMILES string of the molecule is O=c1[nH]oc2c1C1CCC(C2)N1. The lowest BCUT2D eigenvalue weighted by molar-refractivity contribution is 0.352. The van der Waals surface area contributed by atoms with Crippen molar-refractivity contribution in [3.63, 3.8) is 0 Å². The summed E-state index contributed by atoms with van der Waals surface area (Å²) in [5.41, 5.74) is 0.784. The van der Waals surface area contributed by atoms with E-state index in [2.05, 4.69) is 10.5 Å². The van der Waals surface area contributed by atoms with Crippen LogP contribution in [0.3, 0.4) is 0 Å². The summed E-state index contributed by atoms with van der Waals surface area (Å²) in [6.45, 7) is 0. The van der Waals surface area contributed by atoms with E-state index < -0.39 is 0 Å². The first-order valence-corrected chi connectivity index (χ1v) is 4.31. The van der Waals surface area contributed by atoms with Crippen LogP contribution in [0.4, 0.5) is 0 Å². The molecule has 1 saturated heterocycles. The van der Waals surface area contributed by atoms with Crippen LogP contribution in [0.25, 0.3) is 0 Å². The summed E-state index contributed by atoms with van der Waals surface area (Å²) in [6, 6.07) is 0.780. The van der Waals surface area contributed by atoms with Crippen LogP contribution >= 0.6 is 0 Å². The summed E-state index contributed by atoms with van der Waals surface area (Å²) >= 11 is 0. The van der Waals surface area contributed by atoms with Crippen molar-refractivity contribution in [3.8, 4) is 0 Å². The van der Waals surface area contributed by atoms with Gasteiger partial charge in [-0.2, -0.15) is 5.16 Å². The van der Waals surface area contributed by atoms with Crippen molar-refractivity contribution in [2.45, 2.75) is 31.3 Å². The van der Waals surface area contributed by atoms with Crippen molar-refractivity contribution >= 4 is 0 Å². The number of aromatic amines is 1. The molecule has 1 aromatic heterocycles. The average molecular weight is 166 g/mol. The maximum Gasteiger partial charge on any atom is 0.284 e. The minimum absolute atomic E-state index is 0.0529. The zero-order valence-electron chi connectivity index (χ0n) is 6.59. The van der Waals surface area contributed by atoms with Gasteiger partial charge in [-0.15, -0.1) is 0 Å². The Balaban J connectivity index is 2.21. The van der Waals surface area contributed by atoms with Crippen LogP contribution in [0, 0.1) is 0 Å². The fraction of sp³-hybridized carbons (Fsp3) is 0.625. The van der Waals surface area contributed by atoms with E-state index >= 15 is 0 Å². The normalized spacial score (nSPS) is 32.0. The lowest BCUT2D eigenvalue weighted by Gasteiger charge is -2.17. The number of hydrogen-bond donors (Lipinski definition) is 2. The molecule has 0 saturated carbocycles. The van der Waals surface area contributed by atoms with Gasteiger partial charge in [0.1, 0.15) is 5.76 Å². The highest BCUT2D eigenvalue weighted by molar-refractivity contribution is 5.25. The first-order chi connectivity index (χ1) is 5.84. The first kappa shape index (κ1) is 6.48. The number of H-pyrrole nitrogens is 1. The fourth-order valence-corrected chi connectivity index (χ4v) is 2.28. The van der Waals surface area contributed by atoms with Gasteiger partial charge < -0.3 is 9.84 Å². The lowest BCUT2D eigenvalue weighted by Crippen LogP contribution is -2.33. The van der Waals surface area contributed by atoms with Crippen LogP contribution in [0.5, 0.6) is 0 Å². The molecule has 4 nitrogen and oxygen atoms in total. The Morgan fingerprint density at radius 3 is 3.25 bits per heavy atom. The molecular formula is C8H10N2O2. The number of hydrogen-bond acceptors (Lipinski definition) is 3. The van der Waals surface area contributed by atoms with Crippen LogP contribution in [0.15, 0.2) is 9.32 Å². The number of aromatic nitrogens is 1. The molecule has 64 valence electrons. The minimum Gasteiger partial charge on any atom is -0.383 e. The summed E-state index contributed by atoms with van der Waals surface area (Å²) in [6.07, 6.45) is 3.10. The molecule has 0 aliphatic carbocycles. The Hall–Kier alpha value is -1.03. The molecular weight excluding hydrogens is 156 g/mol. The quantitative estimate of drug-likeness (QED) is 0.583. The zero-order valence-corrected chi connectivity index (χ0v) is 6.59. The summed E-state index contributed by atoms with van der Waals surface area (Å²) < 4.78 is 5.09. The molecule has 1 fully saturated rings. The Bertz CT molecular complexity index is 365. The molecule has 0 amide bonds. The Morgan fingerprint density at radius 1 is 1.42 bits per heavy atom. The molecule has 1 aromatic rings. The molecule has 2 N–H and O–H groups in total. The van der Waals surface area contributed by atoms with Gasteiger partial charge in [-0.3, -0.25) is 4.79 Å². The fourth-order valence-electron chi connectivity index (χ4n) is 2.28. The van der Waals surface area contributed by atoms with Crippen LogP contribution in [-0.2, 0) is 6.42 Å². The standard InChI is InChI=1S/C8H10N2O2/c11-8-7-5-2-1-4(9-5)3-6(7)12-10-8/h4-5,9H,1-3H2,(H,10,11). The van der Waals surface area contributed by atoms with Gasteiger partial charge in [0.25, 0.3) is 5.56 Å². The predicted molar refractivity (Wildman–Crippen MR) is 41.9 cm³/mol. The molecule has 12 heavy (non-hydrogen) atoms. The van der Waals surface area contributed by atoms with Gasteiger partial charge in [0, 0.05) is 18.5 Å². The van der Waals surface area contributed by atoms with Crippen molar-refractivity contribution in [1.82, 2.24) is 10.5 Å². The topological polar surface area (TPSA) is 58.0 Å². The Kier molecular flexibility index (Phi) is 1.09. The molecule has 3 rings (SSSR count). The second kappa shape index (κ2) is 2.01. The van der Waals surface area contributed by atoms with Gasteiger partial charge in [-0.25, -0.2) is 0 Å². The second-order valence-corrected chi connectivity index (χ2v) is 3.57. The number of rotatable bonds is 0. The summed E-state index contributed by atoms with van der Waals surface area (Å²) in [4.78, 5) is 11.3. The maximum absolute atomic E-state index is 11.3. The van der Waals surface area contributed by atoms with Gasteiger partial charge in [0.2, 0.25) is 0 Å². The summed E-state index contributed by atoms with van der Waals surface area (Å²) in [7, 11) is 0. The first-order valence-electron chi connectivity index (χ1n) is 4.31. The van der Waals surface area contributed by atoms with Crippen LogP contribution in [0.1, 0.15) is 30.2 Å². The average Bonchev–Trinajstić information content (AvgIpc) is 2.59. The minimum atomic E-state index is -0.0529. The molecule has 2 aliphatic heterocycles. The largest absolute Gasteiger partial charge is 0.383 e. The van der Waals surface area contributed by atoms with Crippen LogP contribution in [0.2, 0.25) is 0 Å². The monoisotopic (exact) mass is 166 g/mol. The van der Waals surface area contributed by atoms with Crippen LogP contribution in [-0.4, -0.2) is 11.2 Å². The van der Waals surface area contributed by atoms with E-state index in [-0.39, 0.29) is 11.6 Å². The molecule has 0 radical (unpaired) electrons. The lowest BCUT2D eigenvalue weighted by atomic mass is 10.0. The number of nitrogens with one attached hydrogen (secondary N) is 2. The Morgan fingerprint density at radius 2 is 2.33 bits per heavy atom. The Labute approximate surface area is 68.9 Å². The maximum atomic E-state index is 11.3. The molecule has 2 unspecified atom stereocenters. The molecule has 3 heterocycles.